The van der Waals surface area contributed by atoms with Crippen LogP contribution in [0.1, 0.15) is 43.0 Å². The van der Waals surface area contributed by atoms with Crippen molar-refractivity contribution in [2.75, 3.05) is 39.4 Å². The predicted octanol–water partition coefficient (Wildman–Crippen LogP) is 2.82. The number of likely N-dealkylation sites (tertiary alicyclic amines) is 1. The minimum Gasteiger partial charge on any atom is -0.381 e. The minimum absolute atomic E-state index is 0.0523. The summed E-state index contributed by atoms with van der Waals surface area (Å²) in [5.41, 5.74) is -0.296. The molecule has 5 nitrogen and oxygen atoms in total. The lowest BCUT2D eigenvalue weighted by Crippen LogP contribution is -2.41. The van der Waals surface area contributed by atoms with Gasteiger partial charge in [-0.3, -0.25) is 4.79 Å². The molecule has 0 radical (unpaired) electrons. The fourth-order valence-corrected chi connectivity index (χ4v) is 3.73. The highest BCUT2D eigenvalue weighted by molar-refractivity contribution is 5.78. The Bertz CT molecular complexity index is 625. The average molecular weight is 385 g/mol. The van der Waals surface area contributed by atoms with Gasteiger partial charge in [0.15, 0.2) is 0 Å². The Kier molecular flexibility index (Phi) is 6.70. The standard InChI is InChI=1S/C19H26F3N3O2/c20-19(21,22)17-3-1-2-16(24-17)14-4-9-25(10-5-14)11-8-23-18(26)15-6-12-27-13-7-15/h1-3,14-15H,4-13H2,(H,23,26). The highest BCUT2D eigenvalue weighted by atomic mass is 19.4. The molecule has 27 heavy (non-hydrogen) atoms. The normalized spacial score (nSPS) is 20.6. The van der Waals surface area contributed by atoms with Gasteiger partial charge in [-0.15, -0.1) is 0 Å². The first-order chi connectivity index (χ1) is 12.9. The molecule has 1 N–H and O–H groups in total. The maximum atomic E-state index is 12.8. The van der Waals surface area contributed by atoms with Crippen LogP contribution in [0.15, 0.2) is 18.2 Å². The lowest BCUT2D eigenvalue weighted by Gasteiger charge is -2.32. The molecule has 0 aromatic carbocycles. The van der Waals surface area contributed by atoms with Crippen LogP contribution in [0.4, 0.5) is 13.2 Å². The van der Waals surface area contributed by atoms with Gasteiger partial charge in [0.25, 0.3) is 0 Å². The number of nitrogens with one attached hydrogen (secondary N) is 1. The zero-order chi connectivity index (χ0) is 19.3. The number of carbonyl (C=O) groups excluding carboxylic acids is 1. The van der Waals surface area contributed by atoms with E-state index < -0.39 is 11.9 Å². The quantitative estimate of drug-likeness (QED) is 0.847. The number of hydrogen-bond acceptors (Lipinski definition) is 4. The van der Waals surface area contributed by atoms with Gasteiger partial charge >= 0.3 is 6.18 Å². The van der Waals surface area contributed by atoms with Gasteiger partial charge in [-0.05, 0) is 50.9 Å². The number of nitrogens with zero attached hydrogens (tertiary/aromatic N) is 2. The second-order valence-electron chi connectivity index (χ2n) is 7.24. The SMILES string of the molecule is O=C(NCCN1CCC(c2cccc(C(F)(F)F)n2)CC1)C1CCOCC1. The molecule has 0 atom stereocenters. The van der Waals surface area contributed by atoms with Crippen LogP contribution < -0.4 is 5.32 Å². The number of hydrogen-bond donors (Lipinski definition) is 1. The Labute approximate surface area is 157 Å². The molecule has 0 bridgehead atoms. The van der Waals surface area contributed by atoms with Crippen molar-refractivity contribution in [3.05, 3.63) is 29.6 Å². The zero-order valence-electron chi connectivity index (χ0n) is 15.3. The number of alkyl halides is 3. The van der Waals surface area contributed by atoms with Gasteiger partial charge in [-0.25, -0.2) is 4.98 Å². The molecule has 8 heteroatoms. The first kappa shape index (κ1) is 20.1. The second kappa shape index (κ2) is 9.01. The van der Waals surface area contributed by atoms with E-state index >= 15 is 0 Å². The van der Waals surface area contributed by atoms with E-state index in [9.17, 15) is 18.0 Å². The summed E-state index contributed by atoms with van der Waals surface area (Å²) in [5.74, 6) is 0.207. The van der Waals surface area contributed by atoms with Gasteiger partial charge in [0.1, 0.15) is 5.69 Å². The van der Waals surface area contributed by atoms with Gasteiger partial charge in [0.2, 0.25) is 5.91 Å². The summed E-state index contributed by atoms with van der Waals surface area (Å²) >= 11 is 0. The number of amides is 1. The van der Waals surface area contributed by atoms with E-state index in [1.807, 2.05) is 0 Å². The molecule has 1 aromatic heterocycles. The van der Waals surface area contributed by atoms with Crippen molar-refractivity contribution in [1.29, 1.82) is 0 Å². The maximum Gasteiger partial charge on any atom is 0.433 e. The van der Waals surface area contributed by atoms with E-state index in [4.69, 9.17) is 4.74 Å². The monoisotopic (exact) mass is 385 g/mol. The van der Waals surface area contributed by atoms with Crippen molar-refractivity contribution < 1.29 is 22.7 Å². The zero-order valence-corrected chi connectivity index (χ0v) is 15.3. The molecule has 0 spiro atoms. The molecular formula is C19H26F3N3O2. The fourth-order valence-electron chi connectivity index (χ4n) is 3.73. The molecule has 1 amide bonds. The molecule has 2 saturated heterocycles. The van der Waals surface area contributed by atoms with Crippen LogP contribution >= 0.6 is 0 Å². The minimum atomic E-state index is -4.40. The first-order valence-electron chi connectivity index (χ1n) is 9.55. The Morgan fingerprint density at radius 1 is 1.19 bits per heavy atom. The van der Waals surface area contributed by atoms with E-state index in [-0.39, 0.29) is 17.7 Å². The number of rotatable bonds is 5. The molecule has 2 aliphatic heterocycles. The number of halogens is 3. The van der Waals surface area contributed by atoms with E-state index in [2.05, 4.69) is 15.2 Å². The number of piperidine rings is 1. The Hall–Kier alpha value is -1.67. The summed E-state index contributed by atoms with van der Waals surface area (Å²) in [6, 6.07) is 4.13. The first-order valence-corrected chi connectivity index (χ1v) is 9.55. The van der Waals surface area contributed by atoms with Crippen molar-refractivity contribution in [2.45, 2.75) is 37.8 Å². The highest BCUT2D eigenvalue weighted by Crippen LogP contribution is 2.31. The van der Waals surface area contributed by atoms with Gasteiger partial charge in [0.05, 0.1) is 0 Å². The third-order valence-corrected chi connectivity index (χ3v) is 5.39. The predicted molar refractivity (Wildman–Crippen MR) is 94.2 cm³/mol. The summed E-state index contributed by atoms with van der Waals surface area (Å²) in [5, 5.41) is 2.99. The van der Waals surface area contributed by atoms with Gasteiger partial charge in [-0.2, -0.15) is 13.2 Å². The summed E-state index contributed by atoms with van der Waals surface area (Å²) in [6.45, 7) is 4.26. The molecule has 3 heterocycles. The third kappa shape index (κ3) is 5.65. The van der Waals surface area contributed by atoms with Crippen molar-refractivity contribution in [1.82, 2.24) is 15.2 Å². The van der Waals surface area contributed by atoms with Crippen molar-refractivity contribution in [2.24, 2.45) is 5.92 Å². The summed E-state index contributed by atoms with van der Waals surface area (Å²) in [7, 11) is 0. The largest absolute Gasteiger partial charge is 0.433 e. The summed E-state index contributed by atoms with van der Waals surface area (Å²) in [4.78, 5) is 18.2. The lowest BCUT2D eigenvalue weighted by atomic mass is 9.93. The Morgan fingerprint density at radius 2 is 1.89 bits per heavy atom. The molecule has 0 aliphatic carbocycles. The van der Waals surface area contributed by atoms with Crippen LogP contribution in [-0.2, 0) is 15.7 Å². The van der Waals surface area contributed by atoms with Gasteiger partial charge in [-0.1, -0.05) is 6.07 Å². The number of ether oxygens (including phenoxy) is 1. The van der Waals surface area contributed by atoms with Crippen LogP contribution in [0.25, 0.3) is 0 Å². The van der Waals surface area contributed by atoms with Crippen LogP contribution in [0.5, 0.6) is 0 Å². The van der Waals surface area contributed by atoms with E-state index in [0.717, 1.165) is 51.4 Å². The second-order valence-corrected chi connectivity index (χ2v) is 7.24. The molecule has 0 saturated carbocycles. The molecule has 2 aliphatic rings. The van der Waals surface area contributed by atoms with Crippen LogP contribution in [0, 0.1) is 5.92 Å². The van der Waals surface area contributed by atoms with Crippen LogP contribution in [0.3, 0.4) is 0 Å². The van der Waals surface area contributed by atoms with Gasteiger partial charge < -0.3 is 15.0 Å². The molecular weight excluding hydrogens is 359 g/mol. The average Bonchev–Trinajstić information content (AvgIpc) is 2.68. The van der Waals surface area contributed by atoms with Crippen LogP contribution in [-0.4, -0.2) is 55.2 Å². The number of pyridine rings is 1. The molecule has 0 unspecified atom stereocenters. The van der Waals surface area contributed by atoms with E-state index in [1.165, 1.54) is 6.07 Å². The fraction of sp³-hybridized carbons (Fsp3) is 0.684. The molecule has 1 aromatic rings. The summed E-state index contributed by atoms with van der Waals surface area (Å²) < 4.78 is 43.7. The molecule has 2 fully saturated rings. The van der Waals surface area contributed by atoms with Gasteiger partial charge in [0, 0.05) is 43.8 Å². The lowest BCUT2D eigenvalue weighted by molar-refractivity contribution is -0.141. The molecule has 3 rings (SSSR count). The molecule has 150 valence electrons. The third-order valence-electron chi connectivity index (χ3n) is 5.39. The number of carbonyl (C=O) groups is 1. The number of aromatic nitrogens is 1. The topological polar surface area (TPSA) is 54.5 Å². The highest BCUT2D eigenvalue weighted by Gasteiger charge is 2.33. The van der Waals surface area contributed by atoms with Crippen LogP contribution in [0.2, 0.25) is 0 Å². The van der Waals surface area contributed by atoms with E-state index in [0.29, 0.717) is 25.5 Å². The van der Waals surface area contributed by atoms with Crippen molar-refractivity contribution in [3.63, 3.8) is 0 Å². The maximum absolute atomic E-state index is 12.8. The van der Waals surface area contributed by atoms with Crippen molar-refractivity contribution >= 4 is 5.91 Å². The Morgan fingerprint density at radius 3 is 2.56 bits per heavy atom. The smallest absolute Gasteiger partial charge is 0.381 e. The summed E-state index contributed by atoms with van der Waals surface area (Å²) in [6.07, 6.45) is -1.29. The van der Waals surface area contributed by atoms with E-state index in [1.54, 1.807) is 6.07 Å². The Balaban J connectivity index is 1.41. The van der Waals surface area contributed by atoms with Crippen molar-refractivity contribution in [3.8, 4) is 0 Å².